The Bertz CT molecular complexity index is 1290. The van der Waals surface area contributed by atoms with Crippen LogP contribution in [-0.2, 0) is 5.41 Å². The first kappa shape index (κ1) is 20.5. The molecule has 0 bridgehead atoms. The molecule has 1 nitrogen and oxygen atoms in total. The van der Waals surface area contributed by atoms with Crippen LogP contribution in [0.2, 0.25) is 0 Å². The maximum atomic E-state index is 15.7. The molecule has 0 radical (unpaired) electrons. The van der Waals surface area contributed by atoms with Gasteiger partial charge in [-0.3, -0.25) is 0 Å². The van der Waals surface area contributed by atoms with Crippen molar-refractivity contribution in [3.8, 4) is 22.3 Å². The first-order valence-electron chi connectivity index (χ1n) is 11.3. The molecule has 4 aromatic rings. The fourth-order valence-electron chi connectivity index (χ4n) is 5.08. The fourth-order valence-corrected chi connectivity index (χ4v) is 5.08. The summed E-state index contributed by atoms with van der Waals surface area (Å²) in [4.78, 5) is 2.11. The van der Waals surface area contributed by atoms with E-state index in [4.69, 9.17) is 0 Å². The van der Waals surface area contributed by atoms with Crippen molar-refractivity contribution in [2.24, 2.45) is 0 Å². The normalized spacial score (nSPS) is 13.7. The zero-order chi connectivity index (χ0) is 22.5. The molecule has 0 spiro atoms. The van der Waals surface area contributed by atoms with Gasteiger partial charge in [0.25, 0.3) is 0 Å². The van der Waals surface area contributed by atoms with Crippen LogP contribution in [0.15, 0.2) is 91.0 Å². The Morgan fingerprint density at radius 2 is 1.38 bits per heavy atom. The molecule has 5 rings (SSSR count). The molecule has 0 atom stereocenters. The van der Waals surface area contributed by atoms with Crippen molar-refractivity contribution < 1.29 is 4.39 Å². The Morgan fingerprint density at radius 3 is 2.12 bits per heavy atom. The smallest absolute Gasteiger partial charge is 0.147 e. The maximum Gasteiger partial charge on any atom is 0.147 e. The molecule has 0 aromatic heterocycles. The van der Waals surface area contributed by atoms with Gasteiger partial charge in [0.1, 0.15) is 5.82 Å². The second kappa shape index (κ2) is 7.63. The monoisotopic (exact) mass is 421 g/mol. The fraction of sp³-hybridized carbons (Fsp3) is 0.200. The van der Waals surface area contributed by atoms with Crippen LogP contribution < -0.4 is 4.90 Å². The van der Waals surface area contributed by atoms with Gasteiger partial charge in [-0.05, 0) is 71.5 Å². The van der Waals surface area contributed by atoms with Gasteiger partial charge in [0.2, 0.25) is 0 Å². The number of rotatable bonds is 4. The van der Waals surface area contributed by atoms with E-state index in [1.54, 1.807) is 6.07 Å². The summed E-state index contributed by atoms with van der Waals surface area (Å²) < 4.78 is 15.7. The van der Waals surface area contributed by atoms with Gasteiger partial charge in [0.15, 0.2) is 0 Å². The third kappa shape index (κ3) is 3.22. The standard InChI is InChI=1S/C30H28FN/c1-20(2)32(23-14-10-13-22(17-23)21-11-6-5-7-12-21)29-19-27-25(18-28(29)31)24-15-8-9-16-26(24)30(27,3)4/h5-20H,1-4H3. The highest BCUT2D eigenvalue weighted by molar-refractivity contribution is 5.84. The second-order valence-electron chi connectivity index (χ2n) is 9.40. The molecule has 1 aliphatic rings. The number of fused-ring (bicyclic) bond motifs is 3. The van der Waals surface area contributed by atoms with Gasteiger partial charge in [0.05, 0.1) is 5.69 Å². The number of hydrogen-bond donors (Lipinski definition) is 0. The molecule has 0 saturated carbocycles. The molecule has 4 aromatic carbocycles. The van der Waals surface area contributed by atoms with E-state index in [1.807, 2.05) is 24.3 Å². The highest BCUT2D eigenvalue weighted by atomic mass is 19.1. The summed E-state index contributed by atoms with van der Waals surface area (Å²) >= 11 is 0. The van der Waals surface area contributed by atoms with Gasteiger partial charge in [0, 0.05) is 17.1 Å². The Labute approximate surface area is 190 Å². The predicted octanol–water partition coefficient (Wildman–Crippen LogP) is 8.35. The molecule has 2 heteroatoms. The quantitative estimate of drug-likeness (QED) is 0.320. The molecule has 0 aliphatic heterocycles. The van der Waals surface area contributed by atoms with Crippen LogP contribution in [0.4, 0.5) is 15.8 Å². The van der Waals surface area contributed by atoms with Crippen molar-refractivity contribution >= 4 is 11.4 Å². The minimum atomic E-state index is -0.185. The lowest BCUT2D eigenvalue weighted by Gasteiger charge is -2.31. The maximum absolute atomic E-state index is 15.7. The summed E-state index contributed by atoms with van der Waals surface area (Å²) in [7, 11) is 0. The van der Waals surface area contributed by atoms with Crippen molar-refractivity contribution in [3.63, 3.8) is 0 Å². The van der Waals surface area contributed by atoms with E-state index in [0.717, 1.165) is 27.9 Å². The van der Waals surface area contributed by atoms with Gasteiger partial charge in [-0.25, -0.2) is 4.39 Å². The molecule has 160 valence electrons. The van der Waals surface area contributed by atoms with Crippen molar-refractivity contribution in [2.45, 2.75) is 39.2 Å². The molecular formula is C30H28FN. The highest BCUT2D eigenvalue weighted by Gasteiger charge is 2.36. The minimum Gasteiger partial charge on any atom is -0.337 e. The lowest BCUT2D eigenvalue weighted by atomic mass is 9.82. The first-order valence-corrected chi connectivity index (χ1v) is 11.3. The van der Waals surface area contributed by atoms with E-state index in [0.29, 0.717) is 5.69 Å². The van der Waals surface area contributed by atoms with Gasteiger partial charge in [-0.15, -0.1) is 0 Å². The summed E-state index contributed by atoms with van der Waals surface area (Å²) in [6.45, 7) is 8.69. The lowest BCUT2D eigenvalue weighted by molar-refractivity contribution is 0.613. The third-order valence-corrected chi connectivity index (χ3v) is 6.66. The average Bonchev–Trinajstić information content (AvgIpc) is 3.01. The SMILES string of the molecule is CC(C)N(c1cccc(-c2ccccc2)c1)c1cc2c(cc1F)-c1ccccc1C2(C)C. The van der Waals surface area contributed by atoms with Crippen LogP contribution in [0.5, 0.6) is 0 Å². The first-order chi connectivity index (χ1) is 15.4. The topological polar surface area (TPSA) is 3.24 Å². The lowest BCUT2D eigenvalue weighted by Crippen LogP contribution is -2.27. The Hall–Kier alpha value is -3.39. The van der Waals surface area contributed by atoms with E-state index < -0.39 is 0 Å². The summed E-state index contributed by atoms with van der Waals surface area (Å²) in [5.74, 6) is -0.185. The minimum absolute atomic E-state index is 0.0977. The highest BCUT2D eigenvalue weighted by Crippen LogP contribution is 2.50. The third-order valence-electron chi connectivity index (χ3n) is 6.66. The van der Waals surface area contributed by atoms with E-state index in [1.165, 1.54) is 11.1 Å². The van der Waals surface area contributed by atoms with Gasteiger partial charge >= 0.3 is 0 Å². The van der Waals surface area contributed by atoms with Gasteiger partial charge < -0.3 is 4.90 Å². The van der Waals surface area contributed by atoms with E-state index in [9.17, 15) is 0 Å². The molecule has 0 N–H and O–H groups in total. The Morgan fingerprint density at radius 1 is 0.688 bits per heavy atom. The summed E-state index contributed by atoms with van der Waals surface area (Å²) in [6.07, 6.45) is 0. The van der Waals surface area contributed by atoms with Gasteiger partial charge in [-0.2, -0.15) is 0 Å². The Balaban J connectivity index is 1.65. The van der Waals surface area contributed by atoms with Crippen LogP contribution in [0, 0.1) is 5.82 Å². The van der Waals surface area contributed by atoms with E-state index in [2.05, 4.69) is 93.3 Å². The van der Waals surface area contributed by atoms with Crippen molar-refractivity contribution in [3.05, 3.63) is 108 Å². The molecule has 1 aliphatic carbocycles. The van der Waals surface area contributed by atoms with Crippen LogP contribution in [0.25, 0.3) is 22.3 Å². The van der Waals surface area contributed by atoms with E-state index >= 15 is 4.39 Å². The zero-order valence-corrected chi connectivity index (χ0v) is 19.1. The number of halogens is 1. The zero-order valence-electron chi connectivity index (χ0n) is 19.1. The molecular weight excluding hydrogens is 393 g/mol. The van der Waals surface area contributed by atoms with Crippen molar-refractivity contribution in [1.82, 2.24) is 0 Å². The molecule has 0 amide bonds. The summed E-state index contributed by atoms with van der Waals surface area (Å²) in [5, 5.41) is 0. The molecule has 32 heavy (non-hydrogen) atoms. The predicted molar refractivity (Wildman–Crippen MR) is 133 cm³/mol. The summed E-state index contributed by atoms with van der Waals surface area (Å²) in [6, 6.07) is 31.0. The average molecular weight is 422 g/mol. The van der Waals surface area contributed by atoms with Crippen molar-refractivity contribution in [2.75, 3.05) is 4.90 Å². The van der Waals surface area contributed by atoms with Crippen LogP contribution in [0.3, 0.4) is 0 Å². The molecule has 0 heterocycles. The summed E-state index contributed by atoms with van der Waals surface area (Å²) in [5.41, 5.74) is 8.33. The number of hydrogen-bond acceptors (Lipinski definition) is 1. The van der Waals surface area contributed by atoms with Gasteiger partial charge in [-0.1, -0.05) is 80.6 Å². The number of anilines is 2. The molecule has 0 unspecified atom stereocenters. The largest absolute Gasteiger partial charge is 0.337 e. The van der Waals surface area contributed by atoms with E-state index in [-0.39, 0.29) is 17.3 Å². The second-order valence-corrected chi connectivity index (χ2v) is 9.40. The van der Waals surface area contributed by atoms with Crippen LogP contribution >= 0.6 is 0 Å². The Kier molecular flexibility index (Phi) is 4.89. The molecule has 0 fully saturated rings. The molecule has 0 saturated heterocycles. The number of nitrogens with zero attached hydrogens (tertiary/aromatic N) is 1. The van der Waals surface area contributed by atoms with Crippen LogP contribution in [0.1, 0.15) is 38.8 Å². The van der Waals surface area contributed by atoms with Crippen molar-refractivity contribution in [1.29, 1.82) is 0 Å². The van der Waals surface area contributed by atoms with Crippen LogP contribution in [-0.4, -0.2) is 6.04 Å². The number of benzene rings is 4.